The highest BCUT2D eigenvalue weighted by Gasteiger charge is 2.38. The molecule has 1 fully saturated rings. The van der Waals surface area contributed by atoms with Crippen molar-refractivity contribution < 1.29 is 20.3 Å². The molecule has 1 saturated heterocycles. The number of aromatic nitrogens is 4. The highest BCUT2D eigenvalue weighted by atomic mass is 16.7. The fourth-order valence-electron chi connectivity index (χ4n) is 4.61. The Hall–Kier alpha value is -3.14. The monoisotopic (exact) mass is 538 g/mol. The van der Waals surface area contributed by atoms with Gasteiger partial charge in [0.25, 0.3) is 0 Å². The van der Waals surface area contributed by atoms with E-state index in [0.717, 1.165) is 5.56 Å². The molecular weight excluding hydrogens is 498 g/mol. The Kier molecular flexibility index (Phi) is 9.34. The summed E-state index contributed by atoms with van der Waals surface area (Å²) in [7, 11) is 0. The summed E-state index contributed by atoms with van der Waals surface area (Å²) in [4.78, 5) is 18.9. The van der Waals surface area contributed by atoms with Gasteiger partial charge in [-0.1, -0.05) is 30.3 Å². The van der Waals surface area contributed by atoms with Gasteiger partial charge in [-0.3, -0.25) is 9.47 Å². The van der Waals surface area contributed by atoms with E-state index >= 15 is 0 Å². The molecule has 1 aliphatic heterocycles. The molecule has 1 aliphatic rings. The molecule has 11 heteroatoms. The molecule has 210 valence electrons. The van der Waals surface area contributed by atoms with Crippen LogP contribution in [0.3, 0.4) is 0 Å². The number of benzene rings is 1. The third-order valence-electron chi connectivity index (χ3n) is 6.37. The van der Waals surface area contributed by atoms with Crippen LogP contribution in [0.4, 0.5) is 5.82 Å². The van der Waals surface area contributed by atoms with Crippen LogP contribution in [-0.2, 0) is 25.5 Å². The summed E-state index contributed by atoms with van der Waals surface area (Å²) in [5.41, 5.74) is 1.33. The molecule has 0 aliphatic carbocycles. The minimum absolute atomic E-state index is 0.0763. The molecule has 1 aromatic carbocycles. The predicted molar refractivity (Wildman–Crippen MR) is 148 cm³/mol. The zero-order chi connectivity index (χ0) is 28.5. The molecule has 3 aromatic rings. The maximum atomic E-state index is 8.34. The Morgan fingerprint density at radius 2 is 2.00 bits per heavy atom. The molecule has 39 heavy (non-hydrogen) atoms. The zero-order valence-corrected chi connectivity index (χ0v) is 23.1. The second kappa shape index (κ2) is 13.3. The number of ether oxygens (including phenoxy) is 4. The third kappa shape index (κ3) is 7.29. The van der Waals surface area contributed by atoms with Gasteiger partial charge in [-0.2, -0.15) is 0 Å². The molecule has 0 bridgehead atoms. The number of anilines is 1. The molecule has 3 atom stereocenters. The highest BCUT2D eigenvalue weighted by Crippen LogP contribution is 2.30. The van der Waals surface area contributed by atoms with Crippen molar-refractivity contribution in [2.24, 2.45) is 0 Å². The van der Waals surface area contributed by atoms with Crippen molar-refractivity contribution >= 4 is 17.0 Å². The van der Waals surface area contributed by atoms with E-state index in [9.17, 15) is 0 Å². The maximum Gasteiger partial charge on any atom is 0.237 e. The average molecular weight is 539 g/mol. The summed E-state index contributed by atoms with van der Waals surface area (Å²) in [6, 6.07) is 10.3. The number of nitrogens with one attached hydrogen (secondary N) is 1. The summed E-state index contributed by atoms with van der Waals surface area (Å²) in [6.45, 7) is 16.9. The van der Waals surface area contributed by atoms with Crippen LogP contribution in [0.2, 0.25) is 0 Å². The van der Waals surface area contributed by atoms with E-state index in [1.807, 2.05) is 34.9 Å². The van der Waals surface area contributed by atoms with Crippen molar-refractivity contribution in [1.29, 1.82) is 0 Å². The van der Waals surface area contributed by atoms with Crippen molar-refractivity contribution in [2.45, 2.75) is 71.5 Å². The van der Waals surface area contributed by atoms with Gasteiger partial charge in [0, 0.05) is 20.0 Å². The molecule has 0 saturated carbocycles. The molecule has 0 spiro atoms. The van der Waals surface area contributed by atoms with Crippen LogP contribution in [0, 0.1) is 6.57 Å². The molecule has 2 aromatic heterocycles. The standard InChI is InChI=1S/C28H39N7O4/c1-20(2)35(21(3)4)27(37-13-12-29-6)38-17-28(5)16-36-15-23(39-28)34-19-33-24-25(31-18-32-26(24)34)30-14-22-10-8-7-9-11-22/h7-11,18-21,23,27H,12-17H2,1-5H3,(H,30,31,32)/t23-,27?,28+/m1/s1/i5D. The van der Waals surface area contributed by atoms with Crippen molar-refractivity contribution in [1.82, 2.24) is 24.4 Å². The Labute approximate surface area is 231 Å². The topological polar surface area (TPSA) is 100 Å². The summed E-state index contributed by atoms with van der Waals surface area (Å²) < 4.78 is 34.9. The normalized spacial score (nSPS) is 20.9. The molecule has 11 nitrogen and oxygen atoms in total. The van der Waals surface area contributed by atoms with Gasteiger partial charge in [-0.25, -0.2) is 21.5 Å². The molecule has 0 amide bonds. The first-order valence-electron chi connectivity index (χ1n) is 13.9. The van der Waals surface area contributed by atoms with Gasteiger partial charge in [-0.05, 0) is 40.2 Å². The summed E-state index contributed by atoms with van der Waals surface area (Å²) in [5, 5.41) is 3.34. The fourth-order valence-corrected chi connectivity index (χ4v) is 4.61. The first-order valence-corrected chi connectivity index (χ1v) is 13.2. The van der Waals surface area contributed by atoms with Crippen molar-refractivity contribution in [3.8, 4) is 0 Å². The summed E-state index contributed by atoms with van der Waals surface area (Å²) in [5.74, 6) is 0.626. The maximum absolute atomic E-state index is 8.34. The van der Waals surface area contributed by atoms with Gasteiger partial charge in [0.15, 0.2) is 23.2 Å². The molecule has 3 heterocycles. The van der Waals surface area contributed by atoms with Crippen molar-refractivity contribution in [3.05, 3.63) is 60.0 Å². The summed E-state index contributed by atoms with van der Waals surface area (Å²) in [6.07, 6.45) is 1.92. The van der Waals surface area contributed by atoms with E-state index in [2.05, 4.69) is 57.7 Å². The molecule has 1 N–H and O–H groups in total. The number of nitrogens with zero attached hydrogens (tertiary/aromatic N) is 6. The van der Waals surface area contributed by atoms with Crippen LogP contribution >= 0.6 is 0 Å². The van der Waals surface area contributed by atoms with Gasteiger partial charge < -0.3 is 29.1 Å². The van der Waals surface area contributed by atoms with E-state index < -0.39 is 18.2 Å². The highest BCUT2D eigenvalue weighted by molar-refractivity contribution is 5.82. The van der Waals surface area contributed by atoms with Crippen LogP contribution in [0.5, 0.6) is 0 Å². The van der Waals surface area contributed by atoms with Crippen LogP contribution < -0.4 is 5.32 Å². The van der Waals surface area contributed by atoms with Gasteiger partial charge in [0.05, 0.1) is 26.1 Å². The molecule has 0 radical (unpaired) electrons. The lowest BCUT2D eigenvalue weighted by atomic mass is 10.1. The predicted octanol–water partition coefficient (Wildman–Crippen LogP) is 4.10. The quantitative estimate of drug-likeness (QED) is 0.196. The average Bonchev–Trinajstić information content (AvgIpc) is 3.40. The van der Waals surface area contributed by atoms with Crippen molar-refractivity contribution in [2.75, 3.05) is 38.3 Å². The number of rotatable bonds is 13. The van der Waals surface area contributed by atoms with Crippen LogP contribution in [0.15, 0.2) is 43.0 Å². The van der Waals surface area contributed by atoms with E-state index in [4.69, 9.17) is 26.9 Å². The van der Waals surface area contributed by atoms with Crippen LogP contribution in [0.25, 0.3) is 16.0 Å². The number of hydrogen-bond acceptors (Lipinski definition) is 9. The lowest BCUT2D eigenvalue weighted by Gasteiger charge is -2.41. The van der Waals surface area contributed by atoms with Crippen LogP contribution in [0.1, 0.15) is 47.8 Å². The van der Waals surface area contributed by atoms with E-state index in [1.165, 1.54) is 6.33 Å². The van der Waals surface area contributed by atoms with E-state index in [0.29, 0.717) is 23.5 Å². The fraction of sp³-hybridized carbons (Fsp3) is 0.571. The Balaban J connectivity index is 1.49. The minimum atomic E-state index is -1.03. The first kappa shape index (κ1) is 27.4. The van der Waals surface area contributed by atoms with Gasteiger partial charge in [-0.15, -0.1) is 0 Å². The van der Waals surface area contributed by atoms with Gasteiger partial charge in [0.1, 0.15) is 18.5 Å². The molecule has 1 unspecified atom stereocenters. The second-order valence-electron chi connectivity index (χ2n) is 10.2. The summed E-state index contributed by atoms with van der Waals surface area (Å²) >= 11 is 0. The molecule has 4 rings (SSSR count). The Morgan fingerprint density at radius 1 is 1.21 bits per heavy atom. The van der Waals surface area contributed by atoms with Gasteiger partial charge >= 0.3 is 0 Å². The largest absolute Gasteiger partial charge is 0.374 e. The van der Waals surface area contributed by atoms with Crippen molar-refractivity contribution in [3.63, 3.8) is 0 Å². The minimum Gasteiger partial charge on any atom is -0.374 e. The van der Waals surface area contributed by atoms with E-state index in [1.54, 1.807) is 6.33 Å². The van der Waals surface area contributed by atoms with E-state index in [-0.39, 0.29) is 52.0 Å². The lowest BCUT2D eigenvalue weighted by molar-refractivity contribution is -0.287. The SMILES string of the molecule is [2H]C[C@@]1(COC(OCC[N+]#[C-])N(C(C)C)C(C)C)COC[C@H](n2cnc3c(NCc4ccccc4)ncnc32)O1. The zero-order valence-electron chi connectivity index (χ0n) is 24.1. The Morgan fingerprint density at radius 3 is 2.72 bits per heavy atom. The number of fused-ring (bicyclic) bond motifs is 1. The molecular formula is C28H39N7O4. The first-order chi connectivity index (χ1) is 19.4. The number of imidazole rings is 1. The van der Waals surface area contributed by atoms with Gasteiger partial charge in [0.2, 0.25) is 13.0 Å². The lowest BCUT2D eigenvalue weighted by Crippen LogP contribution is -2.52. The third-order valence-corrected chi connectivity index (χ3v) is 6.37. The number of hydrogen-bond donors (Lipinski definition) is 1. The van der Waals surface area contributed by atoms with Crippen LogP contribution in [-0.4, -0.2) is 81.5 Å². The second-order valence-corrected chi connectivity index (χ2v) is 10.2. The Bertz CT molecular complexity index is 1240. The smallest absolute Gasteiger partial charge is 0.237 e.